The zero-order valence-corrected chi connectivity index (χ0v) is 8.62. The molecule has 2 nitrogen and oxygen atoms in total. The van der Waals surface area contributed by atoms with E-state index in [0.29, 0.717) is 0 Å². The number of nitrogens with one attached hydrogen (secondary N) is 1. The van der Waals surface area contributed by atoms with E-state index in [2.05, 4.69) is 15.9 Å². The summed E-state index contributed by atoms with van der Waals surface area (Å²) in [6.45, 7) is 0. The monoisotopic (exact) mass is 285 g/mol. The van der Waals surface area contributed by atoms with Crippen LogP contribution in [0.5, 0.6) is 0 Å². The fourth-order valence-corrected chi connectivity index (χ4v) is 1.45. The predicted molar refractivity (Wildman–Crippen MR) is 49.3 cm³/mol. The molecule has 0 aliphatic carbocycles. The lowest BCUT2D eigenvalue weighted by Gasteiger charge is -2.13. The van der Waals surface area contributed by atoms with Crippen molar-refractivity contribution in [1.29, 1.82) is 0 Å². The van der Waals surface area contributed by atoms with E-state index in [0.717, 1.165) is 12.1 Å². The maximum absolute atomic E-state index is 12.4. The van der Waals surface area contributed by atoms with E-state index in [1.807, 2.05) is 0 Å². The molecule has 0 heterocycles. The van der Waals surface area contributed by atoms with Crippen molar-refractivity contribution < 1.29 is 22.4 Å². The van der Waals surface area contributed by atoms with Crippen LogP contribution >= 0.6 is 15.9 Å². The zero-order valence-electron chi connectivity index (χ0n) is 7.03. The van der Waals surface area contributed by atoms with Crippen LogP contribution in [0.3, 0.4) is 0 Å². The molecule has 0 fully saturated rings. The molecule has 0 radical (unpaired) electrons. The van der Waals surface area contributed by atoms with Crippen LogP contribution in [0.1, 0.15) is 5.56 Å². The van der Waals surface area contributed by atoms with Gasteiger partial charge in [-0.2, -0.15) is 13.2 Å². The van der Waals surface area contributed by atoms with Crippen LogP contribution in [-0.4, -0.2) is 6.16 Å². The molecule has 1 aromatic carbocycles. The van der Waals surface area contributed by atoms with E-state index in [4.69, 9.17) is 0 Å². The van der Waals surface area contributed by atoms with Crippen LogP contribution in [0, 0.1) is 0 Å². The average molecular weight is 286 g/mol. The summed E-state index contributed by atoms with van der Waals surface area (Å²) in [7, 11) is 0. The van der Waals surface area contributed by atoms with E-state index < -0.39 is 23.6 Å². The Labute approximate surface area is 90.4 Å². The number of anilines is 1. The van der Waals surface area contributed by atoms with Crippen LogP contribution in [0.25, 0.3) is 0 Å². The Hall–Kier alpha value is -1.11. The number of hydrogen-bond acceptors (Lipinski definition) is 1. The molecule has 0 bridgehead atoms. The van der Waals surface area contributed by atoms with Gasteiger partial charge in [0.05, 0.1) is 11.3 Å². The molecule has 1 aromatic rings. The van der Waals surface area contributed by atoms with Crippen molar-refractivity contribution in [1.82, 2.24) is 0 Å². The summed E-state index contributed by atoms with van der Waals surface area (Å²) in [6.07, 6.45) is -6.70. The first kappa shape index (κ1) is 12.0. The SMILES string of the molecule is O=C(F)Nc1c(Br)cccc1C(F)(F)F. The van der Waals surface area contributed by atoms with Gasteiger partial charge in [0.2, 0.25) is 0 Å². The summed E-state index contributed by atoms with van der Waals surface area (Å²) in [5.41, 5.74) is -1.74. The van der Waals surface area contributed by atoms with E-state index >= 15 is 0 Å². The number of hydrogen-bond donors (Lipinski definition) is 1. The van der Waals surface area contributed by atoms with Crippen LogP contribution in [0.2, 0.25) is 0 Å². The topological polar surface area (TPSA) is 29.1 Å². The Balaban J connectivity index is 3.26. The lowest BCUT2D eigenvalue weighted by molar-refractivity contribution is -0.136. The Kier molecular flexibility index (Phi) is 3.33. The maximum Gasteiger partial charge on any atom is 0.418 e. The summed E-state index contributed by atoms with van der Waals surface area (Å²) < 4.78 is 49.1. The van der Waals surface area contributed by atoms with Gasteiger partial charge >= 0.3 is 12.3 Å². The molecule has 1 amide bonds. The lowest BCUT2D eigenvalue weighted by Crippen LogP contribution is -2.12. The molecule has 0 aromatic heterocycles. The molecule has 15 heavy (non-hydrogen) atoms. The van der Waals surface area contributed by atoms with Gasteiger partial charge < -0.3 is 0 Å². The summed E-state index contributed by atoms with van der Waals surface area (Å²) in [4.78, 5) is 10.1. The minimum absolute atomic E-state index is 0.0386. The maximum atomic E-state index is 12.4. The van der Waals surface area contributed by atoms with Gasteiger partial charge in [0.25, 0.3) is 0 Å². The molecule has 0 saturated heterocycles. The second-order valence-corrected chi connectivity index (χ2v) is 3.41. The number of halogens is 5. The van der Waals surface area contributed by atoms with Gasteiger partial charge in [0.1, 0.15) is 0 Å². The van der Waals surface area contributed by atoms with Crippen molar-refractivity contribution in [3.63, 3.8) is 0 Å². The molecule has 7 heteroatoms. The average Bonchev–Trinajstić information content (AvgIpc) is 2.05. The number of alkyl halides is 3. The number of para-hydroxylation sites is 1. The first-order chi connectivity index (χ1) is 6.82. The van der Waals surface area contributed by atoms with Gasteiger partial charge in [-0.05, 0) is 28.1 Å². The van der Waals surface area contributed by atoms with Crippen molar-refractivity contribution >= 4 is 27.8 Å². The molecule has 1 N–H and O–H groups in total. The fraction of sp³-hybridized carbons (Fsp3) is 0.125. The van der Waals surface area contributed by atoms with E-state index in [9.17, 15) is 22.4 Å². The second kappa shape index (κ2) is 4.18. The zero-order chi connectivity index (χ0) is 11.6. The molecule has 0 saturated carbocycles. The molecule has 1 rings (SSSR count). The molecule has 0 aliphatic rings. The highest BCUT2D eigenvalue weighted by Crippen LogP contribution is 2.38. The van der Waals surface area contributed by atoms with E-state index in [1.165, 1.54) is 11.4 Å². The van der Waals surface area contributed by atoms with Crippen molar-refractivity contribution in [3.8, 4) is 0 Å². The molecular formula is C8H4BrF4NO. The Bertz CT molecular complexity index is 391. The molecular weight excluding hydrogens is 282 g/mol. The van der Waals surface area contributed by atoms with Crippen LogP contribution in [-0.2, 0) is 6.18 Å². The summed E-state index contributed by atoms with van der Waals surface area (Å²) in [5.74, 6) is 0. The summed E-state index contributed by atoms with van der Waals surface area (Å²) >= 11 is 2.79. The molecule has 0 atom stereocenters. The Morgan fingerprint density at radius 2 is 1.93 bits per heavy atom. The van der Waals surface area contributed by atoms with Gasteiger partial charge in [-0.3, -0.25) is 5.32 Å². The second-order valence-electron chi connectivity index (χ2n) is 2.56. The number of amides is 1. The fourth-order valence-electron chi connectivity index (χ4n) is 0.986. The Morgan fingerprint density at radius 1 is 1.33 bits per heavy atom. The standard InChI is InChI=1S/C8H4BrF4NO/c9-5-3-1-2-4(8(11,12)13)6(5)14-7(10)15/h1-3H,(H,14,15). The largest absolute Gasteiger partial charge is 0.418 e. The summed E-state index contributed by atoms with van der Waals surface area (Å²) in [6, 6.07) is 3.15. The molecule has 0 spiro atoms. The van der Waals surface area contributed by atoms with Crippen molar-refractivity contribution in [2.24, 2.45) is 0 Å². The smallest absolute Gasteiger partial charge is 0.296 e. The highest BCUT2D eigenvalue weighted by Gasteiger charge is 2.34. The van der Waals surface area contributed by atoms with Crippen LogP contribution < -0.4 is 5.32 Å². The van der Waals surface area contributed by atoms with Gasteiger partial charge in [0, 0.05) is 4.47 Å². The minimum Gasteiger partial charge on any atom is -0.296 e. The normalized spacial score (nSPS) is 11.3. The van der Waals surface area contributed by atoms with Gasteiger partial charge in [-0.15, -0.1) is 4.39 Å². The van der Waals surface area contributed by atoms with Gasteiger partial charge in [0.15, 0.2) is 0 Å². The molecule has 0 unspecified atom stereocenters. The third-order valence-corrected chi connectivity index (χ3v) is 2.20. The van der Waals surface area contributed by atoms with Crippen LogP contribution in [0.4, 0.5) is 28.0 Å². The van der Waals surface area contributed by atoms with Crippen molar-refractivity contribution in [2.45, 2.75) is 6.18 Å². The van der Waals surface area contributed by atoms with Gasteiger partial charge in [-0.1, -0.05) is 6.07 Å². The van der Waals surface area contributed by atoms with E-state index in [-0.39, 0.29) is 4.47 Å². The molecule has 82 valence electrons. The minimum atomic E-state index is -4.65. The third-order valence-electron chi connectivity index (χ3n) is 1.54. The number of carbonyl (C=O) groups excluding carboxylic acids is 1. The predicted octanol–water partition coefficient (Wildman–Crippen LogP) is 3.97. The number of carbonyl (C=O) groups is 1. The van der Waals surface area contributed by atoms with Crippen molar-refractivity contribution in [2.75, 3.05) is 5.32 Å². The van der Waals surface area contributed by atoms with E-state index in [1.54, 1.807) is 0 Å². The van der Waals surface area contributed by atoms with Gasteiger partial charge in [-0.25, -0.2) is 4.79 Å². The quantitative estimate of drug-likeness (QED) is 0.472. The Morgan fingerprint density at radius 3 is 2.40 bits per heavy atom. The number of benzene rings is 1. The first-order valence-corrected chi connectivity index (χ1v) is 4.44. The summed E-state index contributed by atoms with van der Waals surface area (Å²) in [5, 5.41) is 1.48. The highest BCUT2D eigenvalue weighted by molar-refractivity contribution is 9.10. The molecule has 0 aliphatic heterocycles. The van der Waals surface area contributed by atoms with Crippen molar-refractivity contribution in [3.05, 3.63) is 28.2 Å². The third kappa shape index (κ3) is 2.92. The van der Waals surface area contributed by atoms with Crippen LogP contribution in [0.15, 0.2) is 22.7 Å². The highest BCUT2D eigenvalue weighted by atomic mass is 79.9. The number of rotatable bonds is 1. The lowest BCUT2D eigenvalue weighted by atomic mass is 10.1. The first-order valence-electron chi connectivity index (χ1n) is 3.64.